The fraction of sp³-hybridized carbons (Fsp3) is 0.286. The van der Waals surface area contributed by atoms with Crippen molar-refractivity contribution >= 4 is 35.0 Å². The van der Waals surface area contributed by atoms with Gasteiger partial charge in [0.25, 0.3) is 17.7 Å². The summed E-state index contributed by atoms with van der Waals surface area (Å²) in [6.45, 7) is -0.176. The molecule has 0 bridgehead atoms. The van der Waals surface area contributed by atoms with E-state index < -0.39 is 29.1 Å². The van der Waals surface area contributed by atoms with Crippen molar-refractivity contribution in [2.75, 3.05) is 24.6 Å². The molecule has 3 amide bonds. The van der Waals surface area contributed by atoms with Gasteiger partial charge >= 0.3 is 0 Å². The maximum absolute atomic E-state index is 13.4. The lowest BCUT2D eigenvalue weighted by Crippen LogP contribution is -2.52. The van der Waals surface area contributed by atoms with E-state index >= 15 is 0 Å². The predicted octanol–water partition coefficient (Wildman–Crippen LogP) is 0.985. The summed E-state index contributed by atoms with van der Waals surface area (Å²) in [7, 11) is 0. The topological polar surface area (TPSA) is 119 Å². The Hall–Kier alpha value is -3.01. The largest absolute Gasteiger partial charge is 0.395 e. The monoisotopic (exact) mass is 449 g/mol. The molecule has 164 valence electrons. The Kier molecular flexibility index (Phi) is 6.89. The second kappa shape index (κ2) is 9.42. The van der Waals surface area contributed by atoms with Crippen molar-refractivity contribution in [3.63, 3.8) is 0 Å². The molecule has 0 radical (unpaired) electrons. The number of aliphatic hydroxyl groups excluding tert-OH is 1. The van der Waals surface area contributed by atoms with E-state index in [1.807, 2.05) is 0 Å². The summed E-state index contributed by atoms with van der Waals surface area (Å²) < 4.78 is 13.4. The van der Waals surface area contributed by atoms with Crippen molar-refractivity contribution in [1.29, 1.82) is 0 Å². The molecule has 1 atom stereocenters. The molecule has 1 heterocycles. The van der Waals surface area contributed by atoms with Gasteiger partial charge in [-0.05, 0) is 42.0 Å². The highest BCUT2D eigenvalue weighted by Gasteiger charge is 2.51. The molecule has 3 rings (SSSR count). The smallest absolute Gasteiger partial charge is 0.268 e. The molecule has 4 N–H and O–H groups in total. The Labute approximate surface area is 182 Å². The van der Waals surface area contributed by atoms with Gasteiger partial charge in [0, 0.05) is 42.3 Å². The zero-order chi connectivity index (χ0) is 22.6. The molecule has 2 aromatic rings. The summed E-state index contributed by atoms with van der Waals surface area (Å²) in [5.74, 6) is -2.72. The molecular weight excluding hydrogens is 429 g/mol. The van der Waals surface area contributed by atoms with Gasteiger partial charge in [-0.15, -0.1) is 0 Å². The first-order valence-corrected chi connectivity index (χ1v) is 9.89. The highest BCUT2D eigenvalue weighted by Crippen LogP contribution is 2.29. The minimum atomic E-state index is -2.29. The van der Waals surface area contributed by atoms with Gasteiger partial charge in [-0.1, -0.05) is 17.7 Å². The van der Waals surface area contributed by atoms with Crippen LogP contribution in [0.4, 0.5) is 10.1 Å². The van der Waals surface area contributed by atoms with Crippen molar-refractivity contribution in [3.05, 3.63) is 64.4 Å². The van der Waals surface area contributed by atoms with Crippen molar-refractivity contribution in [2.24, 2.45) is 0 Å². The number of anilines is 1. The third-order valence-corrected chi connectivity index (χ3v) is 5.08. The first-order chi connectivity index (χ1) is 14.7. The number of carbonyl (C=O) groups is 3. The fourth-order valence-electron chi connectivity index (χ4n) is 3.29. The van der Waals surface area contributed by atoms with Gasteiger partial charge in [-0.25, -0.2) is 4.39 Å². The van der Waals surface area contributed by atoms with E-state index in [1.54, 1.807) is 18.2 Å². The molecule has 1 fully saturated rings. The van der Waals surface area contributed by atoms with Crippen LogP contribution < -0.4 is 15.5 Å². The predicted molar refractivity (Wildman–Crippen MR) is 111 cm³/mol. The van der Waals surface area contributed by atoms with Crippen LogP contribution in [0.2, 0.25) is 5.02 Å². The zero-order valence-corrected chi connectivity index (χ0v) is 17.2. The number of hydrogen-bond acceptors (Lipinski definition) is 5. The Morgan fingerprint density at radius 1 is 1.19 bits per heavy atom. The van der Waals surface area contributed by atoms with Gasteiger partial charge in [0.2, 0.25) is 5.60 Å². The van der Waals surface area contributed by atoms with Crippen LogP contribution in [0.25, 0.3) is 0 Å². The maximum atomic E-state index is 13.4. The van der Waals surface area contributed by atoms with E-state index in [4.69, 9.17) is 16.7 Å². The second-order valence-electron chi connectivity index (χ2n) is 7.06. The summed E-state index contributed by atoms with van der Waals surface area (Å²) in [5.41, 5.74) is -1.29. The van der Waals surface area contributed by atoms with Gasteiger partial charge in [0.05, 0.1) is 6.61 Å². The summed E-state index contributed by atoms with van der Waals surface area (Å²) in [5, 5.41) is 24.7. The Morgan fingerprint density at radius 2 is 1.97 bits per heavy atom. The quantitative estimate of drug-likeness (QED) is 0.470. The maximum Gasteiger partial charge on any atom is 0.268 e. The van der Waals surface area contributed by atoms with E-state index in [2.05, 4.69) is 10.6 Å². The highest BCUT2D eigenvalue weighted by molar-refractivity contribution is 6.30. The van der Waals surface area contributed by atoms with Gasteiger partial charge in [-0.3, -0.25) is 14.4 Å². The van der Waals surface area contributed by atoms with E-state index in [-0.39, 0.29) is 43.2 Å². The molecule has 2 aromatic carbocycles. The second-order valence-corrected chi connectivity index (χ2v) is 7.49. The summed E-state index contributed by atoms with van der Waals surface area (Å²) in [6, 6.07) is 9.93. The number of rotatable bonds is 7. The third-order valence-electron chi connectivity index (χ3n) is 4.86. The summed E-state index contributed by atoms with van der Waals surface area (Å²) >= 11 is 5.79. The third kappa shape index (κ3) is 5.01. The van der Waals surface area contributed by atoms with E-state index in [9.17, 15) is 23.9 Å². The molecule has 1 unspecified atom stereocenters. The number of benzene rings is 2. The van der Waals surface area contributed by atoms with Crippen LogP contribution in [0.1, 0.15) is 22.3 Å². The molecule has 31 heavy (non-hydrogen) atoms. The van der Waals surface area contributed by atoms with Crippen LogP contribution in [0.15, 0.2) is 42.5 Å². The Bertz CT molecular complexity index is 998. The summed E-state index contributed by atoms with van der Waals surface area (Å²) in [4.78, 5) is 38.7. The van der Waals surface area contributed by atoms with Crippen molar-refractivity contribution < 1.29 is 29.0 Å². The lowest BCUT2D eigenvalue weighted by molar-refractivity contribution is -0.149. The molecule has 10 heteroatoms. The number of nitrogens with zero attached hydrogens (tertiary/aromatic N) is 1. The average molecular weight is 450 g/mol. The number of nitrogens with one attached hydrogen (secondary N) is 2. The highest BCUT2D eigenvalue weighted by atomic mass is 35.5. The number of carbonyl (C=O) groups excluding carboxylic acids is 3. The van der Waals surface area contributed by atoms with Crippen LogP contribution in [-0.4, -0.2) is 53.2 Å². The van der Waals surface area contributed by atoms with E-state index in [0.29, 0.717) is 11.3 Å². The minimum Gasteiger partial charge on any atom is -0.395 e. The molecule has 1 saturated heterocycles. The van der Waals surface area contributed by atoms with Gasteiger partial charge in [0.15, 0.2) is 0 Å². The molecule has 0 aromatic heterocycles. The number of halogens is 2. The first kappa shape index (κ1) is 22.7. The van der Waals surface area contributed by atoms with Crippen LogP contribution >= 0.6 is 11.6 Å². The Morgan fingerprint density at radius 3 is 2.68 bits per heavy atom. The molecule has 1 aliphatic rings. The van der Waals surface area contributed by atoms with Crippen LogP contribution in [-0.2, 0) is 16.1 Å². The van der Waals surface area contributed by atoms with Gasteiger partial charge in [0.1, 0.15) is 5.82 Å². The standard InChI is InChI=1S/C21H21ClFN3O5/c22-15-8-13(9-16(23)11-15)12-25-19(29)21(31)4-6-26(20(21)30)17-3-1-2-14(10-17)18(28)24-5-7-27/h1-3,8-11,27,31H,4-7,12H2,(H,24,28)(H,25,29). The zero-order valence-electron chi connectivity index (χ0n) is 16.4. The minimum absolute atomic E-state index is 0.0657. The van der Waals surface area contributed by atoms with Crippen molar-refractivity contribution in [2.45, 2.75) is 18.6 Å². The summed E-state index contributed by atoms with van der Waals surface area (Å²) in [6.07, 6.45) is -0.150. The number of aliphatic hydroxyl groups is 2. The number of amides is 3. The molecule has 8 nitrogen and oxygen atoms in total. The molecule has 0 aliphatic carbocycles. The van der Waals surface area contributed by atoms with Crippen LogP contribution in [0.5, 0.6) is 0 Å². The van der Waals surface area contributed by atoms with Gasteiger partial charge < -0.3 is 25.7 Å². The van der Waals surface area contributed by atoms with E-state index in [0.717, 1.165) is 6.07 Å². The molecular formula is C21H21ClFN3O5. The van der Waals surface area contributed by atoms with Crippen LogP contribution in [0, 0.1) is 5.82 Å². The van der Waals surface area contributed by atoms with Gasteiger partial charge in [-0.2, -0.15) is 0 Å². The Balaban J connectivity index is 1.70. The van der Waals surface area contributed by atoms with Crippen molar-refractivity contribution in [3.8, 4) is 0 Å². The van der Waals surface area contributed by atoms with Crippen molar-refractivity contribution in [1.82, 2.24) is 10.6 Å². The molecule has 1 aliphatic heterocycles. The molecule has 0 spiro atoms. The normalized spacial score (nSPS) is 18.2. The average Bonchev–Trinajstić information content (AvgIpc) is 3.05. The SMILES string of the molecule is O=C(NCCO)c1cccc(N2CCC(O)(C(=O)NCc3cc(F)cc(Cl)c3)C2=O)c1. The lowest BCUT2D eigenvalue weighted by Gasteiger charge is -2.22. The lowest BCUT2D eigenvalue weighted by atomic mass is 10.0. The van der Waals surface area contributed by atoms with Crippen LogP contribution in [0.3, 0.4) is 0 Å². The first-order valence-electron chi connectivity index (χ1n) is 9.51. The van der Waals surface area contributed by atoms with E-state index in [1.165, 1.54) is 23.1 Å². The fourth-order valence-corrected chi connectivity index (χ4v) is 3.53. The molecule has 0 saturated carbocycles. The number of hydrogen-bond donors (Lipinski definition) is 4.